The van der Waals surface area contributed by atoms with Crippen LogP contribution >= 0.6 is 0 Å². The number of benzene rings is 1. The average Bonchev–Trinajstić information content (AvgIpc) is 2.88. The Bertz CT molecular complexity index is 1220. The van der Waals surface area contributed by atoms with E-state index in [1.807, 2.05) is 6.92 Å². The highest BCUT2D eigenvalue weighted by Crippen LogP contribution is 2.47. The number of amides is 1. The maximum Gasteiger partial charge on any atom is 0.259 e. The number of fused-ring (bicyclic) bond motifs is 1. The van der Waals surface area contributed by atoms with E-state index in [9.17, 15) is 18.7 Å². The van der Waals surface area contributed by atoms with Gasteiger partial charge in [-0.15, -0.1) is 0 Å². The number of aromatic nitrogens is 4. The van der Waals surface area contributed by atoms with Crippen LogP contribution in [0.15, 0.2) is 42.7 Å². The van der Waals surface area contributed by atoms with Gasteiger partial charge in [0, 0.05) is 30.9 Å². The molecule has 1 N–H and O–H groups in total. The lowest BCUT2D eigenvalue weighted by Gasteiger charge is -2.45. The van der Waals surface area contributed by atoms with Crippen molar-refractivity contribution in [2.75, 3.05) is 13.1 Å². The van der Waals surface area contributed by atoms with E-state index in [2.05, 4.69) is 40.9 Å². The van der Waals surface area contributed by atoms with Crippen molar-refractivity contribution >= 4 is 5.91 Å². The summed E-state index contributed by atoms with van der Waals surface area (Å²) >= 11 is 0. The maximum absolute atomic E-state index is 14.5. The second-order valence-electron chi connectivity index (χ2n) is 9.74. The van der Waals surface area contributed by atoms with Gasteiger partial charge in [0.05, 0.1) is 17.0 Å². The van der Waals surface area contributed by atoms with E-state index in [0.29, 0.717) is 13.1 Å². The van der Waals surface area contributed by atoms with Crippen LogP contribution < -0.4 is 0 Å². The van der Waals surface area contributed by atoms with Crippen molar-refractivity contribution in [3.8, 4) is 11.3 Å². The lowest BCUT2D eigenvalue weighted by Crippen LogP contribution is -2.50. The number of likely N-dealkylation sites (N-methyl/N-ethyl adjacent to an activating group) is 1. The molecule has 1 aromatic carbocycles. The van der Waals surface area contributed by atoms with E-state index in [1.165, 1.54) is 30.6 Å². The van der Waals surface area contributed by atoms with Crippen LogP contribution in [0.25, 0.3) is 11.3 Å². The van der Waals surface area contributed by atoms with Crippen molar-refractivity contribution in [2.24, 2.45) is 5.92 Å². The van der Waals surface area contributed by atoms with Gasteiger partial charge >= 0.3 is 0 Å². The zero-order chi connectivity index (χ0) is 26.0. The monoisotopic (exact) mass is 495 g/mol. The first-order valence-corrected chi connectivity index (χ1v) is 12.3. The van der Waals surface area contributed by atoms with Gasteiger partial charge in [0.15, 0.2) is 11.9 Å². The molecule has 0 fully saturated rings. The number of aliphatic hydroxyl groups is 1. The Labute approximate surface area is 209 Å². The molecule has 0 aliphatic heterocycles. The summed E-state index contributed by atoms with van der Waals surface area (Å²) in [6, 6.07) is 7.07. The first kappa shape index (κ1) is 25.8. The predicted molar refractivity (Wildman–Crippen MR) is 131 cm³/mol. The molecule has 4 rings (SSSR count). The van der Waals surface area contributed by atoms with Crippen LogP contribution in [0.3, 0.4) is 0 Å². The largest absolute Gasteiger partial charge is 0.376 e. The Morgan fingerprint density at radius 2 is 1.83 bits per heavy atom. The van der Waals surface area contributed by atoms with Gasteiger partial charge in [-0.2, -0.15) is 10.2 Å². The van der Waals surface area contributed by atoms with Gasteiger partial charge in [-0.3, -0.25) is 4.79 Å². The highest BCUT2D eigenvalue weighted by Gasteiger charge is 2.45. The van der Waals surface area contributed by atoms with E-state index in [0.717, 1.165) is 24.1 Å². The van der Waals surface area contributed by atoms with Gasteiger partial charge in [-0.25, -0.2) is 18.7 Å². The summed E-state index contributed by atoms with van der Waals surface area (Å²) in [5.74, 6) is -1.65. The summed E-state index contributed by atoms with van der Waals surface area (Å²) in [5.41, 5.74) is 1.00. The van der Waals surface area contributed by atoms with Crippen molar-refractivity contribution in [1.82, 2.24) is 25.1 Å². The summed E-state index contributed by atoms with van der Waals surface area (Å²) in [5, 5.41) is 19.5. The third-order valence-corrected chi connectivity index (χ3v) is 7.40. The van der Waals surface area contributed by atoms with Gasteiger partial charge in [-0.05, 0) is 61.4 Å². The minimum Gasteiger partial charge on any atom is -0.376 e. The number of rotatable bonds is 7. The van der Waals surface area contributed by atoms with Crippen LogP contribution in [0, 0.1) is 17.6 Å². The molecule has 0 bridgehead atoms. The summed E-state index contributed by atoms with van der Waals surface area (Å²) in [7, 11) is 0. The molecule has 1 aliphatic carbocycles. The molecule has 0 saturated carbocycles. The Kier molecular flexibility index (Phi) is 7.40. The number of hydrogen-bond acceptors (Lipinski definition) is 6. The zero-order valence-electron chi connectivity index (χ0n) is 20.9. The Balaban J connectivity index is 1.74. The third kappa shape index (κ3) is 4.59. The van der Waals surface area contributed by atoms with Gasteiger partial charge in [-0.1, -0.05) is 26.8 Å². The maximum atomic E-state index is 14.5. The molecule has 2 aromatic heterocycles. The lowest BCUT2D eigenvalue weighted by atomic mass is 9.63. The summed E-state index contributed by atoms with van der Waals surface area (Å²) in [6.45, 7) is 8.74. The molecule has 0 spiro atoms. The fourth-order valence-electron chi connectivity index (χ4n) is 5.10. The van der Waals surface area contributed by atoms with E-state index >= 15 is 0 Å². The van der Waals surface area contributed by atoms with Crippen LogP contribution in [0.1, 0.15) is 69.6 Å². The molecule has 9 heteroatoms. The molecule has 1 aliphatic rings. The zero-order valence-corrected chi connectivity index (χ0v) is 20.9. The topological polar surface area (TPSA) is 92.1 Å². The predicted octanol–water partition coefficient (Wildman–Crippen LogP) is 4.59. The molecular weight excluding hydrogens is 464 g/mol. The van der Waals surface area contributed by atoms with E-state index in [-0.39, 0.29) is 28.9 Å². The van der Waals surface area contributed by atoms with Gasteiger partial charge in [0.2, 0.25) is 0 Å². The lowest BCUT2D eigenvalue weighted by molar-refractivity contribution is -0.142. The molecule has 1 amide bonds. The number of carbonyl (C=O) groups is 1. The highest BCUT2D eigenvalue weighted by atomic mass is 19.1. The van der Waals surface area contributed by atoms with E-state index in [4.69, 9.17) is 0 Å². The standard InChI is InChI=1S/C27H31F2N5O2/c1-5-34(26(36)23(35)25-30-12-7-13-31-25)15-27(16(2)3)11-10-17(4)18-14-21(32-33-24(18)27)22-19(28)8-6-9-20(22)29/h6-9,12-14,16-17,23,35H,5,10-11,15H2,1-4H3/t17-,23-,27+/m0/s1. The van der Waals surface area contributed by atoms with Gasteiger partial charge < -0.3 is 10.0 Å². The molecule has 36 heavy (non-hydrogen) atoms. The molecule has 0 unspecified atom stereocenters. The SMILES string of the molecule is CCN(C[C@@]1(C(C)C)CC[C@H](C)c2cc(-c3c(F)cccc3F)nnc21)C(=O)[C@@H](O)c1ncccn1. The van der Waals surface area contributed by atoms with Crippen LogP contribution in [-0.4, -0.2) is 49.2 Å². The minimum atomic E-state index is -1.48. The number of carbonyl (C=O) groups excluding carboxylic acids is 1. The van der Waals surface area contributed by atoms with Crippen LogP contribution in [-0.2, 0) is 10.2 Å². The van der Waals surface area contributed by atoms with Crippen molar-refractivity contribution in [1.29, 1.82) is 0 Å². The minimum absolute atomic E-state index is 0.0496. The highest BCUT2D eigenvalue weighted by molar-refractivity contribution is 5.81. The molecule has 7 nitrogen and oxygen atoms in total. The molecule has 3 aromatic rings. The number of halogens is 2. The first-order chi connectivity index (χ1) is 17.2. The summed E-state index contributed by atoms with van der Waals surface area (Å²) in [4.78, 5) is 22.9. The van der Waals surface area contributed by atoms with Gasteiger partial charge in [0.1, 0.15) is 11.6 Å². The molecular formula is C27H31F2N5O2. The number of aliphatic hydroxyl groups excluding tert-OH is 1. The first-order valence-electron chi connectivity index (χ1n) is 12.3. The quantitative estimate of drug-likeness (QED) is 0.516. The van der Waals surface area contributed by atoms with E-state index < -0.39 is 29.1 Å². The van der Waals surface area contributed by atoms with Crippen LogP contribution in [0.5, 0.6) is 0 Å². The Morgan fingerprint density at radius 1 is 1.17 bits per heavy atom. The number of hydrogen-bond donors (Lipinski definition) is 1. The second-order valence-corrected chi connectivity index (χ2v) is 9.74. The van der Waals surface area contributed by atoms with Crippen molar-refractivity contribution in [3.63, 3.8) is 0 Å². The summed E-state index contributed by atoms with van der Waals surface area (Å²) in [6.07, 6.45) is 3.05. The van der Waals surface area contributed by atoms with Crippen molar-refractivity contribution in [2.45, 2.75) is 58.0 Å². The Morgan fingerprint density at radius 3 is 2.44 bits per heavy atom. The molecule has 190 valence electrons. The summed E-state index contributed by atoms with van der Waals surface area (Å²) < 4.78 is 29.0. The fourth-order valence-corrected chi connectivity index (χ4v) is 5.10. The molecule has 3 atom stereocenters. The van der Waals surface area contributed by atoms with Crippen molar-refractivity contribution in [3.05, 3.63) is 71.4 Å². The fraction of sp³-hybridized carbons (Fsp3) is 0.444. The van der Waals surface area contributed by atoms with Crippen molar-refractivity contribution < 1.29 is 18.7 Å². The second kappa shape index (κ2) is 10.3. The molecule has 2 heterocycles. The van der Waals surface area contributed by atoms with E-state index in [1.54, 1.807) is 17.0 Å². The molecule has 0 radical (unpaired) electrons. The van der Waals surface area contributed by atoms with Gasteiger partial charge in [0.25, 0.3) is 5.91 Å². The Hall–Kier alpha value is -3.33. The normalized spacial score (nSPS) is 20.2. The average molecular weight is 496 g/mol. The number of nitrogens with zero attached hydrogens (tertiary/aromatic N) is 5. The smallest absolute Gasteiger partial charge is 0.259 e. The third-order valence-electron chi connectivity index (χ3n) is 7.40. The van der Waals surface area contributed by atoms with Crippen LogP contribution in [0.4, 0.5) is 8.78 Å². The van der Waals surface area contributed by atoms with Crippen LogP contribution in [0.2, 0.25) is 0 Å². The molecule has 0 saturated heterocycles.